The van der Waals surface area contributed by atoms with Gasteiger partial charge in [0.25, 0.3) is 0 Å². The molecule has 0 aliphatic heterocycles. The number of ketones is 1. The molecule has 0 saturated heterocycles. The van der Waals surface area contributed by atoms with Gasteiger partial charge in [0.1, 0.15) is 0 Å². The molecule has 1 aromatic heterocycles. The Kier molecular flexibility index (Phi) is 4.69. The molecular formula is C14H15ClN2OS. The first-order chi connectivity index (χ1) is 9.06. The molecule has 19 heavy (non-hydrogen) atoms. The zero-order valence-corrected chi connectivity index (χ0v) is 12.5. The minimum atomic E-state index is 0.0761. The summed E-state index contributed by atoms with van der Waals surface area (Å²) in [6.45, 7) is 3.10. The lowest BCUT2D eigenvalue weighted by Crippen LogP contribution is -2.25. The second kappa shape index (κ2) is 6.28. The molecular weight excluding hydrogens is 280 g/mol. The summed E-state index contributed by atoms with van der Waals surface area (Å²) in [6, 6.07) is 7.06. The average molecular weight is 295 g/mol. The quantitative estimate of drug-likeness (QED) is 0.792. The van der Waals surface area contributed by atoms with E-state index in [1.165, 1.54) is 4.88 Å². The van der Waals surface area contributed by atoms with E-state index in [-0.39, 0.29) is 5.78 Å². The van der Waals surface area contributed by atoms with Gasteiger partial charge < -0.3 is 0 Å². The summed E-state index contributed by atoms with van der Waals surface area (Å²) in [7, 11) is 1.93. The standard InChI is InChI=1S/C14H15ClN2OS/c1-10-14(19-9-16-10)8-17(2)7-13(18)11-4-3-5-12(15)6-11/h3-6,9H,7-8H2,1-2H3. The van der Waals surface area contributed by atoms with Crippen LogP contribution in [0.3, 0.4) is 0 Å². The van der Waals surface area contributed by atoms with E-state index < -0.39 is 0 Å². The van der Waals surface area contributed by atoms with Gasteiger partial charge in [-0.1, -0.05) is 23.7 Å². The molecule has 0 aliphatic carbocycles. The molecule has 100 valence electrons. The van der Waals surface area contributed by atoms with Crippen LogP contribution in [0.15, 0.2) is 29.8 Å². The number of hydrogen-bond acceptors (Lipinski definition) is 4. The topological polar surface area (TPSA) is 33.2 Å². The predicted octanol–water partition coefficient (Wildman–Crippen LogP) is 3.42. The molecule has 5 heteroatoms. The van der Waals surface area contributed by atoms with E-state index in [2.05, 4.69) is 4.98 Å². The largest absolute Gasteiger partial charge is 0.294 e. The minimum absolute atomic E-state index is 0.0761. The molecule has 0 unspecified atom stereocenters. The van der Waals surface area contributed by atoms with E-state index in [1.54, 1.807) is 35.6 Å². The number of likely N-dealkylation sites (N-methyl/N-ethyl adjacent to an activating group) is 1. The lowest BCUT2D eigenvalue weighted by Gasteiger charge is -2.15. The Morgan fingerprint density at radius 2 is 2.26 bits per heavy atom. The van der Waals surface area contributed by atoms with Gasteiger partial charge in [0.15, 0.2) is 5.78 Å². The summed E-state index contributed by atoms with van der Waals surface area (Å²) in [6.07, 6.45) is 0. The van der Waals surface area contributed by atoms with Crippen molar-refractivity contribution in [1.29, 1.82) is 0 Å². The summed E-state index contributed by atoms with van der Waals surface area (Å²) in [5, 5.41) is 0.590. The smallest absolute Gasteiger partial charge is 0.176 e. The van der Waals surface area contributed by atoms with Crippen molar-refractivity contribution < 1.29 is 4.79 Å². The fourth-order valence-electron chi connectivity index (χ4n) is 1.78. The maximum Gasteiger partial charge on any atom is 0.176 e. The van der Waals surface area contributed by atoms with E-state index >= 15 is 0 Å². The molecule has 0 atom stereocenters. The molecule has 1 aromatic carbocycles. The SMILES string of the molecule is Cc1ncsc1CN(C)CC(=O)c1cccc(Cl)c1. The number of halogens is 1. The lowest BCUT2D eigenvalue weighted by molar-refractivity contribution is 0.0943. The molecule has 0 spiro atoms. The molecule has 0 bridgehead atoms. The van der Waals surface area contributed by atoms with Gasteiger partial charge >= 0.3 is 0 Å². The number of Topliss-reactive ketones (excluding diaryl/α,β-unsaturated/α-hetero) is 1. The zero-order valence-electron chi connectivity index (χ0n) is 10.9. The van der Waals surface area contributed by atoms with Crippen LogP contribution in [0.25, 0.3) is 0 Å². The van der Waals surface area contributed by atoms with Gasteiger partial charge in [-0.05, 0) is 26.1 Å². The van der Waals surface area contributed by atoms with Crippen molar-refractivity contribution in [1.82, 2.24) is 9.88 Å². The highest BCUT2D eigenvalue weighted by molar-refractivity contribution is 7.09. The summed E-state index contributed by atoms with van der Waals surface area (Å²) < 4.78 is 0. The molecule has 2 rings (SSSR count). The van der Waals surface area contributed by atoms with Crippen LogP contribution in [0.5, 0.6) is 0 Å². The van der Waals surface area contributed by atoms with Gasteiger partial charge in [0.05, 0.1) is 17.7 Å². The highest BCUT2D eigenvalue weighted by Crippen LogP contribution is 2.15. The van der Waals surface area contributed by atoms with Crippen molar-refractivity contribution in [3.05, 3.63) is 50.9 Å². The molecule has 0 saturated carbocycles. The Hall–Kier alpha value is -1.23. The van der Waals surface area contributed by atoms with Gasteiger partial charge in [-0.25, -0.2) is 4.98 Å². The Bertz CT molecular complexity index is 582. The van der Waals surface area contributed by atoms with E-state index in [0.29, 0.717) is 17.1 Å². The first-order valence-corrected chi connectivity index (χ1v) is 7.18. The van der Waals surface area contributed by atoms with Crippen molar-refractivity contribution in [3.63, 3.8) is 0 Å². The number of thiazole rings is 1. The second-order valence-corrected chi connectivity index (χ2v) is 5.84. The normalized spacial score (nSPS) is 10.9. The summed E-state index contributed by atoms with van der Waals surface area (Å²) in [4.78, 5) is 19.5. The van der Waals surface area contributed by atoms with Crippen LogP contribution in [0.1, 0.15) is 20.9 Å². The third-order valence-electron chi connectivity index (χ3n) is 2.82. The van der Waals surface area contributed by atoms with Crippen LogP contribution >= 0.6 is 22.9 Å². The van der Waals surface area contributed by atoms with Gasteiger partial charge in [0.2, 0.25) is 0 Å². The van der Waals surface area contributed by atoms with E-state index in [1.807, 2.05) is 24.4 Å². The highest BCUT2D eigenvalue weighted by atomic mass is 35.5. The third-order valence-corrected chi connectivity index (χ3v) is 3.97. The monoisotopic (exact) mass is 294 g/mol. The molecule has 2 aromatic rings. The van der Waals surface area contributed by atoms with Crippen LogP contribution in [0.2, 0.25) is 5.02 Å². The molecule has 0 aliphatic rings. The first-order valence-electron chi connectivity index (χ1n) is 5.92. The Balaban J connectivity index is 1.97. The Labute approximate surface area is 121 Å². The van der Waals surface area contributed by atoms with Crippen molar-refractivity contribution in [2.24, 2.45) is 0 Å². The zero-order chi connectivity index (χ0) is 13.8. The highest BCUT2D eigenvalue weighted by Gasteiger charge is 2.11. The number of aromatic nitrogens is 1. The van der Waals surface area contributed by atoms with E-state index in [9.17, 15) is 4.79 Å². The van der Waals surface area contributed by atoms with Crippen molar-refractivity contribution in [3.8, 4) is 0 Å². The van der Waals surface area contributed by atoms with Crippen molar-refractivity contribution in [2.75, 3.05) is 13.6 Å². The molecule has 1 heterocycles. The second-order valence-electron chi connectivity index (χ2n) is 4.47. The molecule has 0 radical (unpaired) electrons. The van der Waals surface area contributed by atoms with Crippen molar-refractivity contribution >= 4 is 28.7 Å². The average Bonchev–Trinajstić information content (AvgIpc) is 2.75. The molecule has 0 amide bonds. The van der Waals surface area contributed by atoms with Crippen LogP contribution < -0.4 is 0 Å². The van der Waals surface area contributed by atoms with Crippen LogP contribution in [0.4, 0.5) is 0 Å². The molecule has 0 N–H and O–H groups in total. The van der Waals surface area contributed by atoms with Gasteiger partial charge in [0, 0.05) is 22.0 Å². The Morgan fingerprint density at radius 3 is 2.89 bits per heavy atom. The maximum atomic E-state index is 12.1. The number of benzene rings is 1. The first kappa shape index (κ1) is 14.2. The van der Waals surface area contributed by atoms with E-state index in [0.717, 1.165) is 12.2 Å². The predicted molar refractivity (Wildman–Crippen MR) is 79.0 cm³/mol. The fraction of sp³-hybridized carbons (Fsp3) is 0.286. The van der Waals surface area contributed by atoms with Gasteiger partial charge in [-0.2, -0.15) is 0 Å². The van der Waals surface area contributed by atoms with Crippen LogP contribution in [-0.2, 0) is 6.54 Å². The number of nitrogens with zero attached hydrogens (tertiary/aromatic N) is 2. The van der Waals surface area contributed by atoms with E-state index in [4.69, 9.17) is 11.6 Å². The summed E-state index contributed by atoms with van der Waals surface area (Å²) in [5.41, 5.74) is 3.52. The van der Waals surface area contributed by atoms with Crippen LogP contribution in [0, 0.1) is 6.92 Å². The third kappa shape index (κ3) is 3.86. The summed E-state index contributed by atoms with van der Waals surface area (Å²) >= 11 is 7.51. The molecule has 0 fully saturated rings. The van der Waals surface area contributed by atoms with Crippen molar-refractivity contribution in [2.45, 2.75) is 13.5 Å². The van der Waals surface area contributed by atoms with Gasteiger partial charge in [-0.3, -0.25) is 9.69 Å². The van der Waals surface area contributed by atoms with Crippen LogP contribution in [-0.4, -0.2) is 29.3 Å². The summed E-state index contributed by atoms with van der Waals surface area (Å²) in [5.74, 6) is 0.0761. The maximum absolute atomic E-state index is 12.1. The number of carbonyl (C=O) groups excluding carboxylic acids is 1. The van der Waals surface area contributed by atoms with Gasteiger partial charge in [-0.15, -0.1) is 11.3 Å². The fourth-order valence-corrected chi connectivity index (χ4v) is 2.82. The Morgan fingerprint density at radius 1 is 1.47 bits per heavy atom. The number of rotatable bonds is 5. The lowest BCUT2D eigenvalue weighted by atomic mass is 10.1. The minimum Gasteiger partial charge on any atom is -0.294 e. The number of hydrogen-bond donors (Lipinski definition) is 0. The number of aryl methyl sites for hydroxylation is 1. The molecule has 3 nitrogen and oxygen atoms in total. The number of carbonyl (C=O) groups is 1.